The van der Waals surface area contributed by atoms with Gasteiger partial charge in [0.1, 0.15) is 11.6 Å². The molecule has 1 fully saturated rings. The predicted molar refractivity (Wildman–Crippen MR) is 122 cm³/mol. The van der Waals surface area contributed by atoms with Crippen LogP contribution in [0.1, 0.15) is 39.5 Å². The van der Waals surface area contributed by atoms with Crippen molar-refractivity contribution in [2.45, 2.75) is 39.8 Å². The van der Waals surface area contributed by atoms with Crippen LogP contribution in [0.15, 0.2) is 24.4 Å². The predicted octanol–water partition coefficient (Wildman–Crippen LogP) is 2.42. The molecule has 31 heavy (non-hydrogen) atoms. The van der Waals surface area contributed by atoms with E-state index in [0.29, 0.717) is 42.8 Å². The maximum Gasteiger partial charge on any atom is 0.259 e. The van der Waals surface area contributed by atoms with Crippen LogP contribution >= 0.6 is 0 Å². The molecule has 3 heterocycles. The van der Waals surface area contributed by atoms with Crippen LogP contribution in [-0.4, -0.2) is 71.5 Å². The Morgan fingerprint density at radius 1 is 1.42 bits per heavy atom. The molecule has 3 rings (SSSR count). The molecular formula is C21H34N6O4. The first-order valence-corrected chi connectivity index (χ1v) is 10.4. The van der Waals surface area contributed by atoms with Crippen LogP contribution in [0.4, 0.5) is 17.6 Å². The van der Waals surface area contributed by atoms with Crippen molar-refractivity contribution in [3.05, 3.63) is 30.0 Å². The first-order valence-electron chi connectivity index (χ1n) is 10.4. The Bertz CT molecular complexity index is 840. The second-order valence-electron chi connectivity index (χ2n) is 6.82. The summed E-state index contributed by atoms with van der Waals surface area (Å²) in [4.78, 5) is 27.6. The summed E-state index contributed by atoms with van der Waals surface area (Å²) < 4.78 is 10.5. The number of rotatable bonds is 7. The Kier molecular flexibility index (Phi) is 9.41. The molecular weight excluding hydrogens is 400 g/mol. The van der Waals surface area contributed by atoms with Gasteiger partial charge in [-0.25, -0.2) is 4.98 Å². The Morgan fingerprint density at radius 2 is 2.19 bits per heavy atom. The van der Waals surface area contributed by atoms with Crippen molar-refractivity contribution in [1.29, 1.82) is 0 Å². The van der Waals surface area contributed by atoms with E-state index in [1.165, 1.54) is 13.3 Å². The molecule has 1 saturated heterocycles. The number of amides is 1. The van der Waals surface area contributed by atoms with E-state index in [1.807, 2.05) is 27.7 Å². The number of nitrogens with zero attached hydrogens (tertiary/aromatic N) is 4. The van der Waals surface area contributed by atoms with Gasteiger partial charge in [0.05, 0.1) is 38.5 Å². The Labute approximate surface area is 184 Å². The Morgan fingerprint density at radius 3 is 2.81 bits per heavy atom. The molecule has 1 amide bonds. The number of carbonyl (C=O) groups excluding carboxylic acids is 1. The third-order valence-corrected chi connectivity index (χ3v) is 4.48. The number of carbonyl (C=O) groups is 1. The maximum atomic E-state index is 12.6. The van der Waals surface area contributed by atoms with Crippen LogP contribution in [0.25, 0.3) is 0 Å². The average molecular weight is 435 g/mol. The minimum atomic E-state index is -0.381. The molecule has 0 radical (unpaired) electrons. The fourth-order valence-corrected chi connectivity index (χ4v) is 2.89. The van der Waals surface area contributed by atoms with E-state index in [9.17, 15) is 9.90 Å². The zero-order chi connectivity index (χ0) is 22.8. The third kappa shape index (κ3) is 6.76. The minimum Gasteiger partial charge on any atom is -0.481 e. The molecule has 0 unspecified atom stereocenters. The topological polar surface area (TPSA) is 122 Å². The van der Waals surface area contributed by atoms with Crippen molar-refractivity contribution in [1.82, 2.24) is 15.0 Å². The maximum absolute atomic E-state index is 12.6. The zero-order valence-electron chi connectivity index (χ0n) is 18.8. The number of morpholine rings is 1. The summed E-state index contributed by atoms with van der Waals surface area (Å²) in [7, 11) is 1.51. The molecule has 1 aliphatic heterocycles. The van der Waals surface area contributed by atoms with E-state index in [-0.39, 0.29) is 32.0 Å². The number of aliphatic hydroxyl groups excluding tert-OH is 1. The highest BCUT2D eigenvalue weighted by atomic mass is 16.5. The van der Waals surface area contributed by atoms with Crippen molar-refractivity contribution in [3.8, 4) is 5.88 Å². The Balaban J connectivity index is 0.00000166. The molecule has 10 nitrogen and oxygen atoms in total. The molecule has 3 N–H and O–H groups in total. The van der Waals surface area contributed by atoms with Gasteiger partial charge < -0.3 is 24.8 Å². The molecule has 172 valence electrons. The summed E-state index contributed by atoms with van der Waals surface area (Å²) >= 11 is 0. The Hall–Kier alpha value is -2.98. The van der Waals surface area contributed by atoms with E-state index >= 15 is 0 Å². The van der Waals surface area contributed by atoms with Gasteiger partial charge in [0, 0.05) is 32.3 Å². The summed E-state index contributed by atoms with van der Waals surface area (Å²) in [6.45, 7) is 9.71. The van der Waals surface area contributed by atoms with Gasteiger partial charge in [-0.15, -0.1) is 0 Å². The number of hydrogen-bond acceptors (Lipinski definition) is 9. The number of ether oxygens (including phenoxy) is 2. The van der Waals surface area contributed by atoms with E-state index in [0.717, 1.165) is 0 Å². The van der Waals surface area contributed by atoms with Gasteiger partial charge in [-0.1, -0.05) is 13.8 Å². The standard InChI is InChI=1S/C19H26N6O4.C2H6.H2/c1-12(10-26)21-15-8-16(25-6-7-29-11-13(25)2)23-19(22-15)24-18(27)14-4-5-17(28-3)20-9-14;1-2;/h4-5,8-9,12-13,26H,6-7,10-11H2,1-3H3,(H2,21,22,23,24,27);1-2H3;1H/t12-,13-;;/m0../s1. The lowest BCUT2D eigenvalue weighted by Crippen LogP contribution is -2.44. The van der Waals surface area contributed by atoms with Crippen LogP contribution in [0.5, 0.6) is 5.88 Å². The molecule has 0 aromatic carbocycles. The highest BCUT2D eigenvalue weighted by molar-refractivity contribution is 6.03. The normalized spacial score (nSPS) is 16.6. The number of methoxy groups -OCH3 is 1. The van der Waals surface area contributed by atoms with Crippen molar-refractivity contribution >= 4 is 23.5 Å². The zero-order valence-corrected chi connectivity index (χ0v) is 18.8. The van der Waals surface area contributed by atoms with Gasteiger partial charge in [0.2, 0.25) is 11.8 Å². The first kappa shape index (κ1) is 24.3. The lowest BCUT2D eigenvalue weighted by Gasteiger charge is -2.34. The van der Waals surface area contributed by atoms with Gasteiger partial charge in [0.15, 0.2) is 0 Å². The van der Waals surface area contributed by atoms with Crippen molar-refractivity contribution in [2.75, 3.05) is 49.0 Å². The van der Waals surface area contributed by atoms with Gasteiger partial charge in [-0.2, -0.15) is 9.97 Å². The number of anilines is 3. The van der Waals surface area contributed by atoms with E-state index in [2.05, 4.69) is 30.5 Å². The minimum absolute atomic E-state index is 0. The monoisotopic (exact) mass is 434 g/mol. The van der Waals surface area contributed by atoms with Gasteiger partial charge in [-0.05, 0) is 19.9 Å². The molecule has 2 aromatic rings. The molecule has 0 bridgehead atoms. The summed E-state index contributed by atoms with van der Waals surface area (Å²) in [5, 5.41) is 15.2. The molecule has 10 heteroatoms. The fraction of sp³-hybridized carbons (Fsp3) is 0.524. The van der Waals surface area contributed by atoms with Crippen LogP contribution < -0.4 is 20.3 Å². The average Bonchev–Trinajstić information content (AvgIpc) is 2.80. The lowest BCUT2D eigenvalue weighted by molar-refractivity contribution is 0.0984. The second-order valence-corrected chi connectivity index (χ2v) is 6.82. The van der Waals surface area contributed by atoms with Crippen molar-refractivity contribution < 1.29 is 20.8 Å². The van der Waals surface area contributed by atoms with Crippen LogP contribution in [0.2, 0.25) is 0 Å². The summed E-state index contributed by atoms with van der Waals surface area (Å²) in [6, 6.07) is 4.96. The molecule has 2 aromatic heterocycles. The van der Waals surface area contributed by atoms with Crippen LogP contribution in [0, 0.1) is 0 Å². The summed E-state index contributed by atoms with van der Waals surface area (Å²) in [5.74, 6) is 1.39. The van der Waals surface area contributed by atoms with Gasteiger partial charge >= 0.3 is 0 Å². The summed E-state index contributed by atoms with van der Waals surface area (Å²) in [5.41, 5.74) is 0.359. The number of pyridine rings is 1. The van der Waals surface area contributed by atoms with Crippen LogP contribution in [0.3, 0.4) is 0 Å². The van der Waals surface area contributed by atoms with Crippen molar-refractivity contribution in [2.24, 2.45) is 0 Å². The SMILES string of the molecule is CC.COc1ccc(C(=O)Nc2nc(N[C@@H](C)CO)cc(N3CCOC[C@@H]3C)n2)cn1.[HH]. The number of hydrogen-bond donors (Lipinski definition) is 3. The smallest absolute Gasteiger partial charge is 0.259 e. The number of aliphatic hydroxyl groups is 1. The highest BCUT2D eigenvalue weighted by Gasteiger charge is 2.22. The van der Waals surface area contributed by atoms with E-state index < -0.39 is 0 Å². The lowest BCUT2D eigenvalue weighted by atomic mass is 10.2. The van der Waals surface area contributed by atoms with E-state index in [4.69, 9.17) is 9.47 Å². The summed E-state index contributed by atoms with van der Waals surface area (Å²) in [6.07, 6.45) is 1.43. The quantitative estimate of drug-likeness (QED) is 0.603. The fourth-order valence-electron chi connectivity index (χ4n) is 2.89. The molecule has 0 saturated carbocycles. The molecule has 1 aliphatic rings. The number of aromatic nitrogens is 3. The van der Waals surface area contributed by atoms with E-state index in [1.54, 1.807) is 18.2 Å². The highest BCUT2D eigenvalue weighted by Crippen LogP contribution is 2.23. The second kappa shape index (κ2) is 12.0. The first-order chi connectivity index (χ1) is 15.0. The van der Waals surface area contributed by atoms with Crippen molar-refractivity contribution in [3.63, 3.8) is 0 Å². The van der Waals surface area contributed by atoms with Gasteiger partial charge in [0.25, 0.3) is 5.91 Å². The third-order valence-electron chi connectivity index (χ3n) is 4.48. The molecule has 2 atom stereocenters. The molecule has 0 aliphatic carbocycles. The number of nitrogens with one attached hydrogen (secondary N) is 2. The largest absolute Gasteiger partial charge is 0.481 e. The molecule has 0 spiro atoms. The van der Waals surface area contributed by atoms with Gasteiger partial charge in [-0.3, -0.25) is 10.1 Å². The van der Waals surface area contributed by atoms with Crippen LogP contribution in [-0.2, 0) is 4.74 Å².